The molecular formula is C17H16N4O4. The van der Waals surface area contributed by atoms with Gasteiger partial charge in [-0.2, -0.15) is 0 Å². The van der Waals surface area contributed by atoms with Gasteiger partial charge in [-0.25, -0.2) is 4.79 Å². The Morgan fingerprint density at radius 1 is 1.28 bits per heavy atom. The van der Waals surface area contributed by atoms with Gasteiger partial charge >= 0.3 is 5.97 Å². The van der Waals surface area contributed by atoms with E-state index in [0.29, 0.717) is 17.2 Å². The van der Waals surface area contributed by atoms with Crippen LogP contribution in [0, 0.1) is 13.8 Å². The number of carboxylic acid groups (broad SMARTS) is 1. The molecule has 0 saturated carbocycles. The lowest BCUT2D eigenvalue weighted by Crippen LogP contribution is -2.50. The number of nitrogens with zero attached hydrogens (tertiary/aromatic N) is 4. The van der Waals surface area contributed by atoms with Crippen LogP contribution in [-0.2, 0) is 17.9 Å². The van der Waals surface area contributed by atoms with Crippen molar-refractivity contribution in [3.63, 3.8) is 0 Å². The van der Waals surface area contributed by atoms with E-state index in [9.17, 15) is 14.7 Å². The standard InChI is InChI=1S/C17H16N4O4/c1-9-4-3-5-11-6-13(25-15(9)11)16(22)21-8-14-19-18-10(2)20(14)7-12(21)17(23)24/h3-6,12H,7-8H2,1-2H3,(H,23,24). The second kappa shape index (κ2) is 5.44. The summed E-state index contributed by atoms with van der Waals surface area (Å²) < 4.78 is 7.44. The highest BCUT2D eigenvalue weighted by atomic mass is 16.4. The highest BCUT2D eigenvalue weighted by Gasteiger charge is 2.37. The molecule has 0 aliphatic carbocycles. The molecule has 1 atom stereocenters. The first kappa shape index (κ1) is 15.4. The number of aliphatic carboxylic acids is 1. The molecule has 0 radical (unpaired) electrons. The number of hydrogen-bond acceptors (Lipinski definition) is 5. The fourth-order valence-electron chi connectivity index (χ4n) is 3.19. The number of rotatable bonds is 2. The lowest BCUT2D eigenvalue weighted by atomic mass is 10.1. The largest absolute Gasteiger partial charge is 0.480 e. The number of hydrogen-bond donors (Lipinski definition) is 1. The molecular weight excluding hydrogens is 324 g/mol. The van der Waals surface area contributed by atoms with Gasteiger partial charge in [0.25, 0.3) is 5.91 Å². The number of carbonyl (C=O) groups excluding carboxylic acids is 1. The first-order valence-electron chi connectivity index (χ1n) is 7.87. The van der Waals surface area contributed by atoms with Crippen LogP contribution in [0.4, 0.5) is 0 Å². The second-order valence-electron chi connectivity index (χ2n) is 6.17. The fraction of sp³-hybridized carbons (Fsp3) is 0.294. The third kappa shape index (κ3) is 2.37. The predicted octanol–water partition coefficient (Wildman–Crippen LogP) is 1.75. The number of amides is 1. The first-order chi connectivity index (χ1) is 12.0. The summed E-state index contributed by atoms with van der Waals surface area (Å²) in [7, 11) is 0. The molecule has 128 valence electrons. The molecule has 0 fully saturated rings. The molecule has 8 heteroatoms. The third-order valence-corrected chi connectivity index (χ3v) is 4.55. The number of furan rings is 1. The van der Waals surface area contributed by atoms with Crippen molar-refractivity contribution in [1.82, 2.24) is 19.7 Å². The van der Waals surface area contributed by atoms with Gasteiger partial charge in [-0.3, -0.25) is 4.79 Å². The Kier molecular flexibility index (Phi) is 3.34. The Hall–Kier alpha value is -3.16. The number of carboxylic acids is 1. The Morgan fingerprint density at radius 3 is 2.80 bits per heavy atom. The zero-order valence-electron chi connectivity index (χ0n) is 13.8. The summed E-state index contributed by atoms with van der Waals surface area (Å²) in [5, 5.41) is 18.4. The zero-order chi connectivity index (χ0) is 17.7. The van der Waals surface area contributed by atoms with Crippen LogP contribution in [0.15, 0.2) is 28.7 Å². The number of aromatic nitrogens is 3. The van der Waals surface area contributed by atoms with Gasteiger partial charge in [0.2, 0.25) is 0 Å². The highest BCUT2D eigenvalue weighted by molar-refractivity contribution is 5.98. The van der Waals surface area contributed by atoms with E-state index in [1.54, 1.807) is 17.6 Å². The molecule has 8 nitrogen and oxygen atoms in total. The molecule has 0 bridgehead atoms. The van der Waals surface area contributed by atoms with Gasteiger partial charge in [-0.15, -0.1) is 10.2 Å². The lowest BCUT2D eigenvalue weighted by Gasteiger charge is -2.32. The number of benzene rings is 1. The molecule has 0 saturated heterocycles. The SMILES string of the molecule is Cc1cccc2cc(C(=O)N3Cc4nnc(C)n4CC3C(=O)O)oc12. The predicted molar refractivity (Wildman–Crippen MR) is 87.0 cm³/mol. The average molecular weight is 340 g/mol. The van der Waals surface area contributed by atoms with Crippen LogP contribution in [0.2, 0.25) is 0 Å². The summed E-state index contributed by atoms with van der Waals surface area (Å²) in [5.74, 6) is -0.210. The molecule has 1 unspecified atom stereocenters. The third-order valence-electron chi connectivity index (χ3n) is 4.55. The minimum absolute atomic E-state index is 0.0761. The van der Waals surface area contributed by atoms with Gasteiger partial charge in [0, 0.05) is 5.39 Å². The first-order valence-corrected chi connectivity index (χ1v) is 7.87. The highest BCUT2D eigenvalue weighted by Crippen LogP contribution is 2.26. The molecule has 25 heavy (non-hydrogen) atoms. The average Bonchev–Trinajstić information content (AvgIpc) is 3.18. The molecule has 1 aliphatic rings. The van der Waals surface area contributed by atoms with Crippen LogP contribution in [-0.4, -0.2) is 42.7 Å². The molecule has 3 heterocycles. The molecule has 3 aromatic rings. The van der Waals surface area contributed by atoms with Gasteiger partial charge in [-0.1, -0.05) is 18.2 Å². The van der Waals surface area contributed by atoms with E-state index >= 15 is 0 Å². The van der Waals surface area contributed by atoms with E-state index in [1.807, 2.05) is 25.1 Å². The van der Waals surface area contributed by atoms with Crippen molar-refractivity contribution in [3.8, 4) is 0 Å². The van der Waals surface area contributed by atoms with Crippen LogP contribution in [0.3, 0.4) is 0 Å². The van der Waals surface area contributed by atoms with Crippen LogP contribution in [0.5, 0.6) is 0 Å². The van der Waals surface area contributed by atoms with E-state index in [4.69, 9.17) is 4.42 Å². The van der Waals surface area contributed by atoms with Gasteiger partial charge in [0.05, 0.1) is 13.1 Å². The summed E-state index contributed by atoms with van der Waals surface area (Å²) >= 11 is 0. The van der Waals surface area contributed by atoms with Crippen molar-refractivity contribution in [2.75, 3.05) is 0 Å². The van der Waals surface area contributed by atoms with Crippen molar-refractivity contribution in [2.24, 2.45) is 0 Å². The van der Waals surface area contributed by atoms with E-state index < -0.39 is 17.9 Å². The number of aryl methyl sites for hydroxylation is 2. The summed E-state index contributed by atoms with van der Waals surface area (Å²) in [5.41, 5.74) is 1.55. The Bertz CT molecular complexity index is 1000. The number of carbonyl (C=O) groups is 2. The Morgan fingerprint density at radius 2 is 2.08 bits per heavy atom. The molecule has 4 rings (SSSR count). The number of para-hydroxylation sites is 1. The summed E-state index contributed by atoms with van der Waals surface area (Å²) in [6.07, 6.45) is 0. The maximum Gasteiger partial charge on any atom is 0.328 e. The summed E-state index contributed by atoms with van der Waals surface area (Å²) in [6, 6.07) is 6.28. The lowest BCUT2D eigenvalue weighted by molar-refractivity contribution is -0.143. The topological polar surface area (TPSA) is 101 Å². The fourth-order valence-corrected chi connectivity index (χ4v) is 3.19. The van der Waals surface area contributed by atoms with Crippen LogP contribution in [0.25, 0.3) is 11.0 Å². The van der Waals surface area contributed by atoms with Crippen molar-refractivity contribution in [1.29, 1.82) is 0 Å². The van der Waals surface area contributed by atoms with Crippen molar-refractivity contribution < 1.29 is 19.1 Å². The Balaban J connectivity index is 1.74. The smallest absolute Gasteiger partial charge is 0.328 e. The van der Waals surface area contributed by atoms with E-state index in [2.05, 4.69) is 10.2 Å². The van der Waals surface area contributed by atoms with Crippen molar-refractivity contribution >= 4 is 22.8 Å². The van der Waals surface area contributed by atoms with Gasteiger partial charge < -0.3 is 19.0 Å². The van der Waals surface area contributed by atoms with Crippen LogP contribution >= 0.6 is 0 Å². The number of fused-ring (bicyclic) bond motifs is 2. The van der Waals surface area contributed by atoms with E-state index in [1.165, 1.54) is 4.90 Å². The second-order valence-corrected chi connectivity index (χ2v) is 6.17. The summed E-state index contributed by atoms with van der Waals surface area (Å²) in [4.78, 5) is 25.9. The monoisotopic (exact) mass is 340 g/mol. The van der Waals surface area contributed by atoms with Crippen LogP contribution in [0.1, 0.15) is 27.8 Å². The van der Waals surface area contributed by atoms with Crippen molar-refractivity contribution in [2.45, 2.75) is 33.0 Å². The van der Waals surface area contributed by atoms with Crippen LogP contribution < -0.4 is 0 Å². The van der Waals surface area contributed by atoms with Gasteiger partial charge in [0.1, 0.15) is 17.4 Å². The molecule has 1 N–H and O–H groups in total. The molecule has 2 aromatic heterocycles. The zero-order valence-corrected chi connectivity index (χ0v) is 13.8. The normalized spacial score (nSPS) is 16.9. The minimum atomic E-state index is -1.07. The molecule has 0 spiro atoms. The molecule has 1 aliphatic heterocycles. The van der Waals surface area contributed by atoms with E-state index in [-0.39, 0.29) is 18.8 Å². The molecule has 1 amide bonds. The molecule has 1 aromatic carbocycles. The van der Waals surface area contributed by atoms with E-state index in [0.717, 1.165) is 10.9 Å². The maximum absolute atomic E-state index is 12.9. The van der Waals surface area contributed by atoms with Gasteiger partial charge in [0.15, 0.2) is 11.6 Å². The maximum atomic E-state index is 12.9. The van der Waals surface area contributed by atoms with Gasteiger partial charge in [-0.05, 0) is 25.5 Å². The minimum Gasteiger partial charge on any atom is -0.480 e. The summed E-state index contributed by atoms with van der Waals surface area (Å²) in [6.45, 7) is 3.85. The van der Waals surface area contributed by atoms with Crippen molar-refractivity contribution in [3.05, 3.63) is 47.2 Å². The quantitative estimate of drug-likeness (QED) is 0.762. The Labute approximate surface area is 142 Å².